The van der Waals surface area contributed by atoms with Gasteiger partial charge in [0.15, 0.2) is 0 Å². The zero-order chi connectivity index (χ0) is 12.9. The van der Waals surface area contributed by atoms with Crippen LogP contribution in [0, 0.1) is 0 Å². The van der Waals surface area contributed by atoms with Crippen molar-refractivity contribution in [2.45, 2.75) is 19.4 Å². The number of hydrogen-bond donors (Lipinski definition) is 1. The van der Waals surface area contributed by atoms with Crippen LogP contribution in [0.25, 0.3) is 0 Å². The molecule has 0 spiro atoms. The number of benzene rings is 1. The lowest BCUT2D eigenvalue weighted by atomic mass is 10.1. The zero-order valence-electron chi connectivity index (χ0n) is 9.49. The van der Waals surface area contributed by atoms with Gasteiger partial charge in [-0.1, -0.05) is 28.1 Å². The molecule has 1 N–H and O–H groups in total. The van der Waals surface area contributed by atoms with E-state index in [2.05, 4.69) is 20.7 Å². The average Bonchev–Trinajstić information content (AvgIpc) is 2.26. The van der Waals surface area contributed by atoms with Crippen molar-refractivity contribution in [3.05, 3.63) is 34.3 Å². The molecule has 1 aromatic carbocycles. The Bertz CT molecular complexity index is 464. The summed E-state index contributed by atoms with van der Waals surface area (Å²) in [6.07, 6.45) is 0.460. The molecule has 0 bridgehead atoms. The van der Waals surface area contributed by atoms with Gasteiger partial charge in [-0.15, -0.1) is 11.6 Å². The Hall–Kier alpha value is -0.100. The van der Waals surface area contributed by atoms with E-state index < -0.39 is 10.0 Å². The fourth-order valence-corrected chi connectivity index (χ4v) is 3.44. The predicted molar refractivity (Wildman–Crippen MR) is 74.8 cm³/mol. The Morgan fingerprint density at radius 1 is 1.47 bits per heavy atom. The maximum absolute atomic E-state index is 11.7. The molecule has 0 aliphatic heterocycles. The van der Waals surface area contributed by atoms with Crippen LogP contribution in [-0.2, 0) is 10.0 Å². The maximum atomic E-state index is 11.7. The third kappa shape index (κ3) is 5.38. The summed E-state index contributed by atoms with van der Waals surface area (Å²) in [5.41, 5.74) is 0.925. The van der Waals surface area contributed by atoms with Crippen molar-refractivity contribution in [3.8, 4) is 0 Å². The molecule has 0 heterocycles. The largest absolute Gasteiger partial charge is 0.212 e. The fraction of sp³-hybridized carbons (Fsp3) is 0.455. The van der Waals surface area contributed by atoms with E-state index in [9.17, 15) is 8.42 Å². The molecule has 0 fully saturated rings. The molecule has 0 aliphatic carbocycles. The summed E-state index contributed by atoms with van der Waals surface area (Å²) in [7, 11) is -3.25. The van der Waals surface area contributed by atoms with Crippen LogP contribution in [0.15, 0.2) is 28.7 Å². The highest BCUT2D eigenvalue weighted by Gasteiger charge is 2.15. The highest BCUT2D eigenvalue weighted by Crippen LogP contribution is 2.18. The van der Waals surface area contributed by atoms with Gasteiger partial charge in [0.2, 0.25) is 10.0 Å². The maximum Gasteiger partial charge on any atom is 0.212 e. The van der Waals surface area contributed by atoms with Gasteiger partial charge in [0, 0.05) is 16.4 Å². The van der Waals surface area contributed by atoms with Crippen LogP contribution in [0.5, 0.6) is 0 Å². The zero-order valence-corrected chi connectivity index (χ0v) is 12.6. The SMILES string of the molecule is C[C@H](NS(=O)(=O)CCCCl)c1cccc(Br)c1. The number of rotatable bonds is 6. The second-order valence-electron chi connectivity index (χ2n) is 3.76. The first-order valence-electron chi connectivity index (χ1n) is 5.26. The molecule has 0 saturated carbocycles. The number of hydrogen-bond acceptors (Lipinski definition) is 2. The normalized spacial score (nSPS) is 13.6. The Balaban J connectivity index is 2.69. The molecule has 0 amide bonds. The van der Waals surface area contributed by atoms with Gasteiger partial charge in [-0.3, -0.25) is 0 Å². The van der Waals surface area contributed by atoms with Gasteiger partial charge in [0.25, 0.3) is 0 Å². The summed E-state index contributed by atoms with van der Waals surface area (Å²) in [4.78, 5) is 0. The van der Waals surface area contributed by atoms with Crippen LogP contribution < -0.4 is 4.72 Å². The van der Waals surface area contributed by atoms with Crippen molar-refractivity contribution in [1.29, 1.82) is 0 Å². The molecule has 0 aromatic heterocycles. The van der Waals surface area contributed by atoms with Crippen LogP contribution in [0.1, 0.15) is 24.9 Å². The average molecular weight is 341 g/mol. The summed E-state index contributed by atoms with van der Waals surface area (Å²) in [6.45, 7) is 1.82. The molecule has 6 heteroatoms. The van der Waals surface area contributed by atoms with Gasteiger partial charge in [-0.2, -0.15) is 0 Å². The lowest BCUT2D eigenvalue weighted by molar-refractivity contribution is 0.565. The lowest BCUT2D eigenvalue weighted by Gasteiger charge is -2.14. The van der Waals surface area contributed by atoms with Crippen molar-refractivity contribution in [2.24, 2.45) is 0 Å². The van der Waals surface area contributed by atoms with E-state index in [4.69, 9.17) is 11.6 Å². The topological polar surface area (TPSA) is 46.2 Å². The highest BCUT2D eigenvalue weighted by atomic mass is 79.9. The van der Waals surface area contributed by atoms with Gasteiger partial charge in [0.1, 0.15) is 0 Å². The van der Waals surface area contributed by atoms with E-state index in [-0.39, 0.29) is 11.8 Å². The van der Waals surface area contributed by atoms with Crippen molar-refractivity contribution in [3.63, 3.8) is 0 Å². The van der Waals surface area contributed by atoms with Crippen LogP contribution >= 0.6 is 27.5 Å². The molecule has 0 saturated heterocycles. The summed E-state index contributed by atoms with van der Waals surface area (Å²) < 4.78 is 26.9. The first-order valence-corrected chi connectivity index (χ1v) is 8.24. The Morgan fingerprint density at radius 2 is 2.18 bits per heavy atom. The van der Waals surface area contributed by atoms with Gasteiger partial charge in [-0.25, -0.2) is 13.1 Å². The summed E-state index contributed by atoms with van der Waals surface area (Å²) in [5.74, 6) is 0.418. The molecular formula is C11H15BrClNO2S. The number of nitrogens with one attached hydrogen (secondary N) is 1. The van der Waals surface area contributed by atoms with Crippen molar-refractivity contribution in [2.75, 3.05) is 11.6 Å². The van der Waals surface area contributed by atoms with E-state index >= 15 is 0 Å². The van der Waals surface area contributed by atoms with Crippen molar-refractivity contribution in [1.82, 2.24) is 4.72 Å². The minimum absolute atomic E-state index is 0.0643. The molecule has 17 heavy (non-hydrogen) atoms. The van der Waals surface area contributed by atoms with E-state index in [0.29, 0.717) is 12.3 Å². The van der Waals surface area contributed by atoms with Gasteiger partial charge in [0.05, 0.1) is 5.75 Å². The van der Waals surface area contributed by atoms with Crippen LogP contribution in [0.2, 0.25) is 0 Å². The first kappa shape index (κ1) is 15.0. The molecule has 1 rings (SSSR count). The Morgan fingerprint density at radius 3 is 2.76 bits per heavy atom. The third-order valence-electron chi connectivity index (χ3n) is 2.25. The molecule has 96 valence electrons. The predicted octanol–water partition coefficient (Wildman–Crippen LogP) is 3.06. The summed E-state index contributed by atoms with van der Waals surface area (Å²) in [6, 6.07) is 7.32. The summed E-state index contributed by atoms with van der Waals surface area (Å²) >= 11 is 8.84. The Kier molecular flexibility index (Phi) is 5.92. The number of sulfonamides is 1. The second kappa shape index (κ2) is 6.73. The molecule has 1 aromatic rings. The molecular weight excluding hydrogens is 326 g/mol. The van der Waals surface area contributed by atoms with E-state index in [1.807, 2.05) is 31.2 Å². The molecule has 0 radical (unpaired) electrons. The lowest BCUT2D eigenvalue weighted by Crippen LogP contribution is -2.29. The van der Waals surface area contributed by atoms with Gasteiger partial charge in [-0.05, 0) is 31.0 Å². The molecule has 1 atom stereocenters. The molecule has 3 nitrogen and oxygen atoms in total. The summed E-state index contributed by atoms with van der Waals surface area (Å²) in [5, 5.41) is 0. The second-order valence-corrected chi connectivity index (χ2v) is 6.92. The molecule has 0 unspecified atom stereocenters. The quantitative estimate of drug-likeness (QED) is 0.809. The fourth-order valence-electron chi connectivity index (χ4n) is 1.42. The van der Waals surface area contributed by atoms with Crippen LogP contribution in [-0.4, -0.2) is 20.1 Å². The van der Waals surface area contributed by atoms with Crippen LogP contribution in [0.4, 0.5) is 0 Å². The molecule has 0 aliphatic rings. The van der Waals surface area contributed by atoms with Crippen molar-refractivity contribution < 1.29 is 8.42 Å². The minimum atomic E-state index is -3.25. The third-order valence-corrected chi connectivity index (χ3v) is 4.55. The van der Waals surface area contributed by atoms with Crippen LogP contribution in [0.3, 0.4) is 0 Å². The number of alkyl halides is 1. The van der Waals surface area contributed by atoms with Gasteiger partial charge >= 0.3 is 0 Å². The monoisotopic (exact) mass is 339 g/mol. The minimum Gasteiger partial charge on any atom is -0.212 e. The Labute approximate surface area is 116 Å². The smallest absolute Gasteiger partial charge is 0.212 e. The first-order chi connectivity index (χ1) is 7.94. The van der Waals surface area contributed by atoms with E-state index in [1.54, 1.807) is 0 Å². The van der Waals surface area contributed by atoms with E-state index in [1.165, 1.54) is 0 Å². The van der Waals surface area contributed by atoms with E-state index in [0.717, 1.165) is 10.0 Å². The highest BCUT2D eigenvalue weighted by molar-refractivity contribution is 9.10. The van der Waals surface area contributed by atoms with Gasteiger partial charge < -0.3 is 0 Å². The standard InChI is InChI=1S/C11H15BrClNO2S/c1-9(10-4-2-5-11(12)8-10)14-17(15,16)7-3-6-13/h2,4-5,8-9,14H,3,6-7H2,1H3/t9-/m0/s1. The number of halogens is 2. The van der Waals surface area contributed by atoms with Crippen molar-refractivity contribution >= 4 is 37.6 Å².